The molecule has 49 valence electrons. The minimum atomic E-state index is -2.58. The van der Waals surface area contributed by atoms with Crippen LogP contribution < -0.4 is 0 Å². The fourth-order valence-electron chi connectivity index (χ4n) is 0.343. The third-order valence-electron chi connectivity index (χ3n) is 0.709. The maximum atomic E-state index is 11.7. The van der Waals surface area contributed by atoms with E-state index in [1.165, 1.54) is 0 Å². The first-order valence-electron chi connectivity index (χ1n) is 2.02. The Morgan fingerprint density at radius 1 is 1.67 bits per heavy atom. The lowest BCUT2D eigenvalue weighted by atomic mass is 10.5. The van der Waals surface area contributed by atoms with Crippen molar-refractivity contribution in [2.24, 2.45) is 0 Å². The van der Waals surface area contributed by atoms with Gasteiger partial charge in [0.2, 0.25) is 0 Å². The lowest BCUT2D eigenvalue weighted by Gasteiger charge is -1.89. The highest BCUT2D eigenvalue weighted by Crippen LogP contribution is 2.27. The van der Waals surface area contributed by atoms with E-state index in [4.69, 9.17) is 11.6 Å². The first-order chi connectivity index (χ1) is 4.22. The van der Waals surface area contributed by atoms with E-state index in [9.17, 15) is 8.78 Å². The van der Waals surface area contributed by atoms with Gasteiger partial charge in [0.05, 0.1) is 0 Å². The predicted octanol–water partition coefficient (Wildman–Crippen LogP) is 2.53. The minimum Gasteiger partial charge on any atom is -0.231 e. The molecule has 0 fully saturated rings. The van der Waals surface area contributed by atoms with Crippen molar-refractivity contribution in [3.63, 3.8) is 0 Å². The van der Waals surface area contributed by atoms with Gasteiger partial charge in [-0.2, -0.15) is 0 Å². The SMILES string of the molecule is FC(F)c1n[c]sc1Cl. The van der Waals surface area contributed by atoms with Crippen molar-refractivity contribution in [2.75, 3.05) is 0 Å². The van der Waals surface area contributed by atoms with Crippen LogP contribution in [0.15, 0.2) is 0 Å². The highest BCUT2D eigenvalue weighted by molar-refractivity contribution is 7.13. The summed E-state index contributed by atoms with van der Waals surface area (Å²) in [6.07, 6.45) is -2.58. The topological polar surface area (TPSA) is 12.9 Å². The van der Waals surface area contributed by atoms with Crippen LogP contribution in [0.2, 0.25) is 4.34 Å². The van der Waals surface area contributed by atoms with Crippen molar-refractivity contribution in [1.82, 2.24) is 4.98 Å². The summed E-state index contributed by atoms with van der Waals surface area (Å²) in [6.45, 7) is 0. The molecule has 0 bridgehead atoms. The van der Waals surface area contributed by atoms with E-state index in [-0.39, 0.29) is 10.0 Å². The monoisotopic (exact) mass is 168 g/mol. The second-order valence-electron chi connectivity index (χ2n) is 1.26. The van der Waals surface area contributed by atoms with Crippen molar-refractivity contribution in [3.8, 4) is 0 Å². The number of nitrogens with zero attached hydrogens (tertiary/aromatic N) is 1. The molecule has 0 spiro atoms. The van der Waals surface area contributed by atoms with Crippen LogP contribution >= 0.6 is 22.9 Å². The molecule has 0 aliphatic heterocycles. The number of thiazole rings is 1. The predicted molar refractivity (Wildman–Crippen MR) is 30.9 cm³/mol. The van der Waals surface area contributed by atoms with Gasteiger partial charge in [0.25, 0.3) is 6.43 Å². The van der Waals surface area contributed by atoms with Crippen LogP contribution in [0.25, 0.3) is 0 Å². The summed E-state index contributed by atoms with van der Waals surface area (Å²) in [5, 5.41) is 0. The summed E-state index contributed by atoms with van der Waals surface area (Å²) in [4.78, 5) is 3.23. The molecular formula is C4HClF2NS. The number of halogens is 3. The van der Waals surface area contributed by atoms with Gasteiger partial charge in [0.1, 0.15) is 10.0 Å². The van der Waals surface area contributed by atoms with Crippen LogP contribution in [0.3, 0.4) is 0 Å². The molecule has 1 radical (unpaired) electrons. The van der Waals surface area contributed by atoms with E-state index < -0.39 is 6.43 Å². The lowest BCUT2D eigenvalue weighted by molar-refractivity contribution is 0.147. The first-order valence-corrected chi connectivity index (χ1v) is 3.21. The second kappa shape index (κ2) is 2.58. The molecule has 0 aromatic carbocycles. The number of aromatic nitrogens is 1. The summed E-state index contributed by atoms with van der Waals surface area (Å²) >= 11 is 6.16. The Morgan fingerprint density at radius 3 is 2.56 bits per heavy atom. The van der Waals surface area contributed by atoms with Gasteiger partial charge in [-0.1, -0.05) is 22.9 Å². The molecular weight excluding hydrogens is 168 g/mol. The van der Waals surface area contributed by atoms with Crippen molar-refractivity contribution >= 4 is 22.9 Å². The van der Waals surface area contributed by atoms with Crippen LogP contribution in [-0.2, 0) is 0 Å². The number of rotatable bonds is 1. The molecule has 1 heterocycles. The molecule has 0 unspecified atom stereocenters. The van der Waals surface area contributed by atoms with Crippen LogP contribution in [0.5, 0.6) is 0 Å². The highest BCUT2D eigenvalue weighted by Gasteiger charge is 2.13. The van der Waals surface area contributed by atoms with Gasteiger partial charge in [-0.3, -0.25) is 0 Å². The molecule has 0 saturated carbocycles. The summed E-state index contributed by atoms with van der Waals surface area (Å²) in [5.74, 6) is 0. The minimum absolute atomic E-state index is 0.0185. The Balaban J connectivity index is 2.94. The molecule has 1 aromatic rings. The summed E-state index contributed by atoms with van der Waals surface area (Å²) in [7, 11) is 0. The third-order valence-corrected chi connectivity index (χ3v) is 1.71. The fourth-order valence-corrected chi connectivity index (χ4v) is 1.03. The van der Waals surface area contributed by atoms with E-state index in [0.717, 1.165) is 11.3 Å². The Hall–Kier alpha value is -0.220. The Labute approximate surface area is 59.3 Å². The lowest BCUT2D eigenvalue weighted by Crippen LogP contribution is -1.82. The standard InChI is InChI=1S/C4HClF2NS/c5-3-2(4(6)7)8-1-9-3/h4H. The Kier molecular flexibility index (Phi) is 1.97. The number of hydrogen-bond donors (Lipinski definition) is 0. The van der Waals surface area contributed by atoms with Crippen molar-refractivity contribution in [2.45, 2.75) is 6.43 Å². The van der Waals surface area contributed by atoms with Crippen LogP contribution in [-0.4, -0.2) is 4.98 Å². The van der Waals surface area contributed by atoms with Gasteiger partial charge < -0.3 is 0 Å². The van der Waals surface area contributed by atoms with E-state index in [1.807, 2.05) is 0 Å². The van der Waals surface area contributed by atoms with E-state index in [1.54, 1.807) is 0 Å². The third kappa shape index (κ3) is 1.37. The maximum absolute atomic E-state index is 11.7. The average Bonchev–Trinajstić information content (AvgIpc) is 2.13. The van der Waals surface area contributed by atoms with Gasteiger partial charge in [-0.25, -0.2) is 13.8 Å². The number of hydrogen-bond acceptors (Lipinski definition) is 2. The maximum Gasteiger partial charge on any atom is 0.282 e. The fraction of sp³-hybridized carbons (Fsp3) is 0.250. The van der Waals surface area contributed by atoms with Gasteiger partial charge in [-0.05, 0) is 0 Å². The molecule has 0 aliphatic rings. The van der Waals surface area contributed by atoms with Crippen LogP contribution in [0.1, 0.15) is 12.1 Å². The normalized spacial score (nSPS) is 10.7. The zero-order chi connectivity index (χ0) is 6.85. The molecule has 0 N–H and O–H groups in total. The van der Waals surface area contributed by atoms with Crippen molar-refractivity contribution < 1.29 is 8.78 Å². The Morgan fingerprint density at radius 2 is 2.33 bits per heavy atom. The molecule has 0 amide bonds. The molecule has 0 saturated heterocycles. The largest absolute Gasteiger partial charge is 0.282 e. The molecule has 0 aliphatic carbocycles. The molecule has 9 heavy (non-hydrogen) atoms. The van der Waals surface area contributed by atoms with Crippen molar-refractivity contribution in [3.05, 3.63) is 15.5 Å². The van der Waals surface area contributed by atoms with E-state index in [0.29, 0.717) is 0 Å². The first kappa shape index (κ1) is 6.89. The molecule has 0 atom stereocenters. The summed E-state index contributed by atoms with van der Waals surface area (Å²) < 4.78 is 23.4. The number of alkyl halides is 2. The molecule has 1 aromatic heterocycles. The highest BCUT2D eigenvalue weighted by atomic mass is 35.5. The van der Waals surface area contributed by atoms with E-state index >= 15 is 0 Å². The van der Waals surface area contributed by atoms with Gasteiger partial charge in [0, 0.05) is 0 Å². The smallest absolute Gasteiger partial charge is 0.231 e. The van der Waals surface area contributed by atoms with Gasteiger partial charge in [-0.15, -0.1) is 0 Å². The molecule has 1 rings (SSSR count). The zero-order valence-corrected chi connectivity index (χ0v) is 5.64. The molecule has 1 nitrogen and oxygen atoms in total. The summed E-state index contributed by atoms with van der Waals surface area (Å²) in [6, 6.07) is 0. The second-order valence-corrected chi connectivity index (χ2v) is 2.66. The van der Waals surface area contributed by atoms with Gasteiger partial charge >= 0.3 is 0 Å². The Bertz CT molecular complexity index is 200. The average molecular weight is 169 g/mol. The summed E-state index contributed by atoms with van der Waals surface area (Å²) in [5.41, 5.74) is 1.89. The zero-order valence-electron chi connectivity index (χ0n) is 4.07. The quantitative estimate of drug-likeness (QED) is 0.628. The van der Waals surface area contributed by atoms with Crippen molar-refractivity contribution in [1.29, 1.82) is 0 Å². The van der Waals surface area contributed by atoms with E-state index in [2.05, 4.69) is 10.5 Å². The van der Waals surface area contributed by atoms with Crippen LogP contribution in [0.4, 0.5) is 8.78 Å². The van der Waals surface area contributed by atoms with Crippen LogP contribution in [0, 0.1) is 5.51 Å². The van der Waals surface area contributed by atoms with Gasteiger partial charge in [0.15, 0.2) is 5.51 Å². The molecule has 5 heteroatoms.